The molecule has 4 nitrogen and oxygen atoms in total. The number of unbranched alkanes of at least 4 members (excludes halogenated alkanes) is 1. The van der Waals surface area contributed by atoms with Crippen molar-refractivity contribution in [2.45, 2.75) is 24.9 Å². The van der Waals surface area contributed by atoms with E-state index >= 15 is 0 Å². The number of aliphatic hydroxyl groups is 1. The van der Waals surface area contributed by atoms with Gasteiger partial charge in [0, 0.05) is 31.8 Å². The van der Waals surface area contributed by atoms with Gasteiger partial charge in [-0.2, -0.15) is 0 Å². The zero-order valence-corrected chi connectivity index (χ0v) is 12.6. The average Bonchev–Trinajstić information content (AvgIpc) is 2.44. The van der Waals surface area contributed by atoms with Gasteiger partial charge in [-0.25, -0.2) is 0 Å². The molecule has 0 radical (unpaired) electrons. The topological polar surface area (TPSA) is 49.8 Å². The molecule has 1 aromatic carbocycles. The second-order valence-electron chi connectivity index (χ2n) is 5.57. The predicted molar refractivity (Wildman–Crippen MR) is 82.4 cm³/mol. The van der Waals surface area contributed by atoms with Crippen molar-refractivity contribution in [1.82, 2.24) is 0 Å². The molecule has 0 bridgehead atoms. The van der Waals surface area contributed by atoms with Gasteiger partial charge in [0.15, 0.2) is 5.60 Å². The van der Waals surface area contributed by atoms with Crippen LogP contribution in [0.2, 0.25) is 0 Å². The Kier molecular flexibility index (Phi) is 5.00. The minimum atomic E-state index is -0.985. The van der Waals surface area contributed by atoms with Crippen LogP contribution in [0.3, 0.4) is 0 Å². The van der Waals surface area contributed by atoms with E-state index in [2.05, 4.69) is 11.8 Å². The second-order valence-corrected chi connectivity index (χ2v) is 5.57. The molecule has 0 amide bonds. The van der Waals surface area contributed by atoms with Crippen LogP contribution in [0, 0.1) is 11.8 Å². The van der Waals surface area contributed by atoms with Crippen molar-refractivity contribution < 1.29 is 14.6 Å². The van der Waals surface area contributed by atoms with Crippen molar-refractivity contribution in [2.75, 3.05) is 32.2 Å². The Hall–Kier alpha value is -1.83. The Morgan fingerprint density at radius 1 is 1.43 bits per heavy atom. The summed E-state index contributed by atoms with van der Waals surface area (Å²) in [6, 6.07) is 6.02. The highest BCUT2D eigenvalue weighted by Gasteiger charge is 2.33. The van der Waals surface area contributed by atoms with Gasteiger partial charge in [0.2, 0.25) is 0 Å². The lowest BCUT2D eigenvalue weighted by atomic mass is 10.0. The minimum Gasteiger partial charge on any atom is -0.377 e. The van der Waals surface area contributed by atoms with Gasteiger partial charge in [0.05, 0.1) is 13.2 Å². The van der Waals surface area contributed by atoms with Crippen molar-refractivity contribution in [3.05, 3.63) is 29.3 Å². The lowest BCUT2D eigenvalue weighted by Crippen LogP contribution is -2.48. The number of anilines is 1. The van der Waals surface area contributed by atoms with Gasteiger partial charge in [-0.05, 0) is 30.5 Å². The summed E-state index contributed by atoms with van der Waals surface area (Å²) in [5.41, 5.74) is 2.20. The Balaban J connectivity index is 2.17. The van der Waals surface area contributed by atoms with E-state index < -0.39 is 5.60 Å². The van der Waals surface area contributed by atoms with Gasteiger partial charge in [0.1, 0.15) is 6.29 Å². The number of carbonyl (C=O) groups excluding carboxylic acids is 1. The van der Waals surface area contributed by atoms with Crippen LogP contribution < -0.4 is 4.90 Å². The summed E-state index contributed by atoms with van der Waals surface area (Å²) >= 11 is 0. The van der Waals surface area contributed by atoms with Crippen LogP contribution in [-0.4, -0.2) is 44.3 Å². The quantitative estimate of drug-likeness (QED) is 0.505. The highest BCUT2D eigenvalue weighted by atomic mass is 16.5. The molecule has 1 aliphatic heterocycles. The number of aryl methyl sites for hydroxylation is 1. The van der Waals surface area contributed by atoms with Crippen molar-refractivity contribution >= 4 is 12.0 Å². The molecule has 1 aliphatic rings. The summed E-state index contributed by atoms with van der Waals surface area (Å²) in [5.74, 6) is 5.88. The SMILES string of the molecule is CN(C)c1cc(C#CC2(O)COC2)ccc1CCCC=O. The summed E-state index contributed by atoms with van der Waals surface area (Å²) in [6.45, 7) is 0.564. The van der Waals surface area contributed by atoms with E-state index in [1.54, 1.807) is 0 Å². The maximum atomic E-state index is 10.4. The van der Waals surface area contributed by atoms with Gasteiger partial charge in [-0.3, -0.25) is 0 Å². The third-order valence-electron chi connectivity index (χ3n) is 3.46. The van der Waals surface area contributed by atoms with Gasteiger partial charge >= 0.3 is 0 Å². The Labute approximate surface area is 125 Å². The molecule has 0 unspecified atom stereocenters. The number of hydrogen-bond donors (Lipinski definition) is 1. The first-order chi connectivity index (χ1) is 10.0. The molecule has 0 atom stereocenters. The predicted octanol–water partition coefficient (Wildman–Crippen LogP) is 1.39. The third kappa shape index (κ3) is 4.07. The maximum absolute atomic E-state index is 10.4. The number of ether oxygens (including phenoxy) is 1. The number of nitrogens with zero attached hydrogens (tertiary/aromatic N) is 1. The molecular formula is C17H21NO3. The lowest BCUT2D eigenvalue weighted by molar-refractivity contribution is -0.140. The van der Waals surface area contributed by atoms with Gasteiger partial charge in [-0.1, -0.05) is 17.9 Å². The number of aldehydes is 1. The largest absolute Gasteiger partial charge is 0.377 e. The smallest absolute Gasteiger partial charge is 0.172 e. The Morgan fingerprint density at radius 2 is 2.19 bits per heavy atom. The van der Waals surface area contributed by atoms with E-state index in [-0.39, 0.29) is 13.2 Å². The Bertz CT molecular complexity index is 565. The summed E-state index contributed by atoms with van der Waals surface area (Å²) in [4.78, 5) is 12.5. The molecule has 0 spiro atoms. The van der Waals surface area contributed by atoms with E-state index in [9.17, 15) is 9.90 Å². The molecular weight excluding hydrogens is 266 g/mol. The van der Waals surface area contributed by atoms with Crippen LogP contribution >= 0.6 is 0 Å². The first kappa shape index (κ1) is 15.6. The zero-order chi connectivity index (χ0) is 15.3. The average molecular weight is 287 g/mol. The van der Waals surface area contributed by atoms with Gasteiger partial charge in [0.25, 0.3) is 0 Å². The highest BCUT2D eigenvalue weighted by Crippen LogP contribution is 2.22. The van der Waals surface area contributed by atoms with Gasteiger partial charge in [-0.15, -0.1) is 0 Å². The normalized spacial score (nSPS) is 15.6. The van der Waals surface area contributed by atoms with Crippen LogP contribution in [0.5, 0.6) is 0 Å². The summed E-state index contributed by atoms with van der Waals surface area (Å²) in [6.07, 6.45) is 3.27. The second kappa shape index (κ2) is 6.75. The monoisotopic (exact) mass is 287 g/mol. The molecule has 1 aromatic rings. The summed E-state index contributed by atoms with van der Waals surface area (Å²) in [7, 11) is 3.98. The molecule has 0 saturated carbocycles. The highest BCUT2D eigenvalue weighted by molar-refractivity contribution is 5.58. The van der Waals surface area contributed by atoms with Gasteiger partial charge < -0.3 is 19.5 Å². The third-order valence-corrected chi connectivity index (χ3v) is 3.46. The Morgan fingerprint density at radius 3 is 2.76 bits per heavy atom. The number of carbonyl (C=O) groups is 1. The first-order valence-corrected chi connectivity index (χ1v) is 7.11. The van der Waals surface area contributed by atoms with E-state index in [0.717, 1.165) is 30.4 Å². The first-order valence-electron chi connectivity index (χ1n) is 7.11. The van der Waals surface area contributed by atoms with Crippen molar-refractivity contribution in [1.29, 1.82) is 0 Å². The minimum absolute atomic E-state index is 0.282. The molecule has 4 heteroatoms. The van der Waals surface area contributed by atoms with Crippen molar-refractivity contribution in [2.24, 2.45) is 0 Å². The van der Waals surface area contributed by atoms with Crippen molar-refractivity contribution in [3.63, 3.8) is 0 Å². The van der Waals surface area contributed by atoms with E-state index in [1.165, 1.54) is 5.56 Å². The summed E-state index contributed by atoms with van der Waals surface area (Å²) in [5, 5.41) is 9.91. The van der Waals surface area contributed by atoms with Crippen LogP contribution in [0.15, 0.2) is 18.2 Å². The molecule has 0 aliphatic carbocycles. The van der Waals surface area contributed by atoms with Crippen molar-refractivity contribution in [3.8, 4) is 11.8 Å². The molecule has 2 rings (SSSR count). The van der Waals surface area contributed by atoms with Crippen LogP contribution in [0.25, 0.3) is 0 Å². The van der Waals surface area contributed by atoms with E-state index in [1.807, 2.05) is 37.2 Å². The molecule has 1 fully saturated rings. The zero-order valence-electron chi connectivity index (χ0n) is 12.6. The molecule has 0 aromatic heterocycles. The maximum Gasteiger partial charge on any atom is 0.172 e. The van der Waals surface area contributed by atoms with E-state index in [0.29, 0.717) is 6.42 Å². The number of rotatable bonds is 5. The number of benzene rings is 1. The molecule has 21 heavy (non-hydrogen) atoms. The molecule has 1 N–H and O–H groups in total. The fourth-order valence-electron chi connectivity index (χ4n) is 2.20. The van der Waals surface area contributed by atoms with Crippen LogP contribution in [0.1, 0.15) is 24.0 Å². The van der Waals surface area contributed by atoms with Crippen LogP contribution in [0.4, 0.5) is 5.69 Å². The van der Waals surface area contributed by atoms with E-state index in [4.69, 9.17) is 4.74 Å². The fraction of sp³-hybridized carbons (Fsp3) is 0.471. The standard InChI is InChI=1S/C17H21NO3/c1-18(2)16-11-14(8-9-17(20)12-21-13-17)6-7-15(16)5-3-4-10-19/h6-7,10-11,20H,3-5,12-13H2,1-2H3. The fourth-order valence-corrected chi connectivity index (χ4v) is 2.20. The molecule has 112 valence electrons. The molecule has 1 saturated heterocycles. The number of hydrogen-bond acceptors (Lipinski definition) is 4. The summed E-state index contributed by atoms with van der Waals surface area (Å²) < 4.78 is 4.97. The lowest BCUT2D eigenvalue weighted by Gasteiger charge is -2.30. The van der Waals surface area contributed by atoms with Crippen LogP contribution in [-0.2, 0) is 16.0 Å². The molecule has 1 heterocycles.